The third-order valence-electron chi connectivity index (χ3n) is 5.72. The van der Waals surface area contributed by atoms with Crippen LogP contribution in [0.5, 0.6) is 0 Å². The summed E-state index contributed by atoms with van der Waals surface area (Å²) in [5.41, 5.74) is 1.04. The van der Waals surface area contributed by atoms with E-state index in [-0.39, 0.29) is 5.91 Å². The summed E-state index contributed by atoms with van der Waals surface area (Å²) in [4.78, 5) is 15.5. The van der Waals surface area contributed by atoms with Crippen molar-refractivity contribution in [3.63, 3.8) is 0 Å². The summed E-state index contributed by atoms with van der Waals surface area (Å²) in [7, 11) is -3.46. The molecule has 1 amide bonds. The van der Waals surface area contributed by atoms with Gasteiger partial charge in [0.15, 0.2) is 0 Å². The normalized spacial score (nSPS) is 19.0. The van der Waals surface area contributed by atoms with Gasteiger partial charge in [-0.05, 0) is 54.5 Å². The summed E-state index contributed by atoms with van der Waals surface area (Å²) >= 11 is 1.45. The fourth-order valence-corrected chi connectivity index (χ4v) is 5.94. The molecule has 2 aliphatic heterocycles. The van der Waals surface area contributed by atoms with Crippen LogP contribution in [0.1, 0.15) is 22.5 Å². The molecule has 1 aromatic carbocycles. The number of sulfonamides is 1. The van der Waals surface area contributed by atoms with E-state index in [0.717, 1.165) is 36.5 Å². The van der Waals surface area contributed by atoms with Gasteiger partial charge in [0.1, 0.15) is 0 Å². The van der Waals surface area contributed by atoms with Crippen LogP contribution in [0.3, 0.4) is 0 Å². The van der Waals surface area contributed by atoms with Crippen molar-refractivity contribution >= 4 is 33.0 Å². The van der Waals surface area contributed by atoms with Gasteiger partial charge in [-0.1, -0.05) is 6.07 Å². The quantitative estimate of drug-likeness (QED) is 0.733. The molecular weight excluding hydrogens is 422 g/mol. The Morgan fingerprint density at radius 3 is 2.40 bits per heavy atom. The Balaban J connectivity index is 1.29. The summed E-state index contributed by atoms with van der Waals surface area (Å²) in [6.45, 7) is 4.19. The van der Waals surface area contributed by atoms with E-state index < -0.39 is 10.0 Å². The number of rotatable bonds is 6. The molecule has 0 aliphatic carbocycles. The predicted molar refractivity (Wildman–Crippen MR) is 118 cm³/mol. The molecule has 4 rings (SSSR count). The monoisotopic (exact) mass is 449 g/mol. The lowest BCUT2D eigenvalue weighted by Crippen LogP contribution is -2.40. The SMILES string of the molecule is O=C(NCC1CCN(c2ccc(S(=O)(=O)N3CCOCC3)cc2)CC1)c1cccs1. The Bertz CT molecular complexity index is 931. The summed E-state index contributed by atoms with van der Waals surface area (Å²) in [5.74, 6) is 0.468. The minimum atomic E-state index is -3.46. The van der Waals surface area contributed by atoms with Gasteiger partial charge < -0.3 is 15.0 Å². The number of nitrogens with one attached hydrogen (secondary N) is 1. The van der Waals surface area contributed by atoms with E-state index >= 15 is 0 Å². The summed E-state index contributed by atoms with van der Waals surface area (Å²) in [5, 5.41) is 4.94. The van der Waals surface area contributed by atoms with Crippen molar-refractivity contribution in [1.29, 1.82) is 0 Å². The van der Waals surface area contributed by atoms with E-state index in [1.54, 1.807) is 12.1 Å². The van der Waals surface area contributed by atoms with Gasteiger partial charge in [0.05, 0.1) is 23.0 Å². The minimum absolute atomic E-state index is 0.00416. The lowest BCUT2D eigenvalue weighted by Gasteiger charge is -2.34. The van der Waals surface area contributed by atoms with Crippen LogP contribution in [-0.2, 0) is 14.8 Å². The fourth-order valence-electron chi connectivity index (χ4n) is 3.89. The molecule has 30 heavy (non-hydrogen) atoms. The summed E-state index contributed by atoms with van der Waals surface area (Å²) in [6, 6.07) is 10.9. The molecular formula is C21H27N3O4S2. The lowest BCUT2D eigenvalue weighted by molar-refractivity contribution is 0.0730. The second-order valence-electron chi connectivity index (χ2n) is 7.63. The average Bonchev–Trinajstić information content (AvgIpc) is 3.34. The van der Waals surface area contributed by atoms with Crippen molar-refractivity contribution in [2.24, 2.45) is 5.92 Å². The molecule has 2 aromatic rings. The number of benzene rings is 1. The van der Waals surface area contributed by atoms with Crippen LogP contribution < -0.4 is 10.2 Å². The average molecular weight is 450 g/mol. The van der Waals surface area contributed by atoms with Crippen molar-refractivity contribution in [3.05, 3.63) is 46.7 Å². The third kappa shape index (κ3) is 4.85. The van der Waals surface area contributed by atoms with Gasteiger partial charge in [-0.25, -0.2) is 8.42 Å². The molecule has 1 aromatic heterocycles. The number of carbonyl (C=O) groups is 1. The van der Waals surface area contributed by atoms with Crippen molar-refractivity contribution < 1.29 is 17.9 Å². The minimum Gasteiger partial charge on any atom is -0.379 e. The van der Waals surface area contributed by atoms with E-state index in [1.165, 1.54) is 15.6 Å². The molecule has 3 heterocycles. The number of ether oxygens (including phenoxy) is 1. The van der Waals surface area contributed by atoms with Gasteiger partial charge in [0, 0.05) is 38.4 Å². The van der Waals surface area contributed by atoms with Gasteiger partial charge in [-0.2, -0.15) is 4.31 Å². The predicted octanol–water partition coefficient (Wildman–Crippen LogP) is 2.42. The van der Waals surface area contributed by atoms with Gasteiger partial charge in [-0.3, -0.25) is 4.79 Å². The Kier molecular flexibility index (Phi) is 6.72. The zero-order valence-electron chi connectivity index (χ0n) is 16.8. The highest BCUT2D eigenvalue weighted by atomic mass is 32.2. The van der Waals surface area contributed by atoms with Crippen LogP contribution in [-0.4, -0.2) is 64.6 Å². The number of piperidine rings is 1. The number of morpholine rings is 1. The second kappa shape index (κ2) is 9.47. The zero-order chi connectivity index (χ0) is 21.0. The number of nitrogens with zero attached hydrogens (tertiary/aromatic N) is 2. The highest BCUT2D eigenvalue weighted by molar-refractivity contribution is 7.89. The van der Waals surface area contributed by atoms with Crippen LogP contribution in [0.4, 0.5) is 5.69 Å². The van der Waals surface area contributed by atoms with E-state index in [2.05, 4.69) is 10.2 Å². The van der Waals surface area contributed by atoms with Crippen LogP contribution in [0, 0.1) is 5.92 Å². The van der Waals surface area contributed by atoms with E-state index in [0.29, 0.717) is 43.7 Å². The first kappa shape index (κ1) is 21.3. The Hall–Kier alpha value is -1.94. The van der Waals surface area contributed by atoms with Crippen molar-refractivity contribution in [3.8, 4) is 0 Å². The van der Waals surface area contributed by atoms with Gasteiger partial charge in [0.2, 0.25) is 10.0 Å². The van der Waals surface area contributed by atoms with Crippen molar-refractivity contribution in [2.75, 3.05) is 50.8 Å². The highest BCUT2D eigenvalue weighted by Gasteiger charge is 2.27. The number of anilines is 1. The Morgan fingerprint density at radius 1 is 1.07 bits per heavy atom. The fraction of sp³-hybridized carbons (Fsp3) is 0.476. The number of hydrogen-bond donors (Lipinski definition) is 1. The largest absolute Gasteiger partial charge is 0.379 e. The molecule has 2 saturated heterocycles. The molecule has 0 atom stereocenters. The summed E-state index contributed by atoms with van der Waals surface area (Å²) < 4.78 is 32.2. The van der Waals surface area contributed by atoms with Crippen LogP contribution >= 0.6 is 11.3 Å². The first-order chi connectivity index (χ1) is 14.5. The molecule has 0 saturated carbocycles. The van der Waals surface area contributed by atoms with Crippen LogP contribution in [0.2, 0.25) is 0 Å². The molecule has 0 radical (unpaired) electrons. The molecule has 9 heteroatoms. The van der Waals surface area contributed by atoms with Crippen molar-refractivity contribution in [1.82, 2.24) is 9.62 Å². The molecule has 7 nitrogen and oxygen atoms in total. The Morgan fingerprint density at radius 2 is 1.77 bits per heavy atom. The lowest BCUT2D eigenvalue weighted by atomic mass is 9.96. The smallest absolute Gasteiger partial charge is 0.261 e. The molecule has 0 unspecified atom stereocenters. The maximum Gasteiger partial charge on any atom is 0.261 e. The Labute approximate surface area is 181 Å². The molecule has 162 valence electrons. The van der Waals surface area contributed by atoms with Gasteiger partial charge in [-0.15, -0.1) is 11.3 Å². The topological polar surface area (TPSA) is 79.0 Å². The van der Waals surface area contributed by atoms with E-state index in [4.69, 9.17) is 4.74 Å². The molecule has 0 spiro atoms. The maximum absolute atomic E-state index is 12.8. The molecule has 1 N–H and O–H groups in total. The van der Waals surface area contributed by atoms with Crippen LogP contribution in [0.25, 0.3) is 0 Å². The third-order valence-corrected chi connectivity index (χ3v) is 8.50. The summed E-state index contributed by atoms with van der Waals surface area (Å²) in [6.07, 6.45) is 2.00. The molecule has 2 aliphatic rings. The highest BCUT2D eigenvalue weighted by Crippen LogP contribution is 2.25. The number of thiophene rings is 1. The number of carbonyl (C=O) groups excluding carboxylic acids is 1. The van der Waals surface area contributed by atoms with E-state index in [1.807, 2.05) is 29.6 Å². The number of amides is 1. The molecule has 2 fully saturated rings. The first-order valence-electron chi connectivity index (χ1n) is 10.3. The molecule has 0 bridgehead atoms. The number of hydrogen-bond acceptors (Lipinski definition) is 6. The van der Waals surface area contributed by atoms with E-state index in [9.17, 15) is 13.2 Å². The second-order valence-corrected chi connectivity index (χ2v) is 10.5. The van der Waals surface area contributed by atoms with Gasteiger partial charge >= 0.3 is 0 Å². The first-order valence-corrected chi connectivity index (χ1v) is 12.6. The maximum atomic E-state index is 12.8. The zero-order valence-corrected chi connectivity index (χ0v) is 18.5. The van der Waals surface area contributed by atoms with Crippen LogP contribution in [0.15, 0.2) is 46.7 Å². The van der Waals surface area contributed by atoms with Gasteiger partial charge in [0.25, 0.3) is 5.91 Å². The standard InChI is InChI=1S/C21H27N3O4S2/c25-21(20-2-1-15-29-20)22-16-17-7-9-23(10-8-17)18-3-5-19(6-4-18)30(26,27)24-11-13-28-14-12-24/h1-6,15,17H,7-14,16H2,(H,22,25). The van der Waals surface area contributed by atoms with Crippen molar-refractivity contribution in [2.45, 2.75) is 17.7 Å².